The molecule has 0 atom stereocenters. The van der Waals surface area contributed by atoms with E-state index in [1.807, 2.05) is 78.9 Å². The Kier molecular flexibility index (Phi) is 5.99. The Morgan fingerprint density at radius 3 is 1.33 bits per heavy atom. The second-order valence-corrected chi connectivity index (χ2v) is 21.2. The quantitative estimate of drug-likeness (QED) is 0.107. The van der Waals surface area contributed by atoms with Gasteiger partial charge in [0.1, 0.15) is 0 Å². The van der Waals surface area contributed by atoms with Crippen LogP contribution in [-0.2, 0) is 0 Å². The molecule has 0 fully saturated rings. The molecule has 0 unspecified atom stereocenters. The Morgan fingerprint density at radius 2 is 0.763 bits per heavy atom. The Bertz CT molecular complexity index is 5870. The largest absolute Gasteiger partial charge is 0.309 e. The van der Waals surface area contributed by atoms with Gasteiger partial charge in [-0.2, -0.15) is 9.97 Å². The highest BCUT2D eigenvalue weighted by atomic mass is 28.3. The number of rotatable bonds is 9. The minimum Gasteiger partial charge on any atom is -0.309 e. The third-order valence-corrected chi connectivity index (χ3v) is 17.8. The molecule has 0 spiro atoms. The molecule has 0 aliphatic rings. The van der Waals surface area contributed by atoms with Gasteiger partial charge in [0.25, 0.3) is 0 Å². The molecule has 6 nitrogen and oxygen atoms in total. The molecule has 11 aromatic carbocycles. The lowest BCUT2D eigenvalue weighted by Crippen LogP contribution is -2.74. The topological polar surface area (TPSA) is 53.5 Å². The minimum absolute atomic E-state index is 0.383. The van der Waals surface area contributed by atoms with Gasteiger partial charge in [-0.15, -0.1) is 0 Å². The predicted molar refractivity (Wildman–Crippen MR) is 317 cm³/mol. The first-order chi connectivity index (χ1) is 47.7. The van der Waals surface area contributed by atoms with E-state index in [0.29, 0.717) is 27.5 Å². The van der Waals surface area contributed by atoms with Gasteiger partial charge in [-0.1, -0.05) is 236 Å². The summed E-state index contributed by atoms with van der Waals surface area (Å²) in [6, 6.07) is 16.5. The van der Waals surface area contributed by atoms with Crippen LogP contribution < -0.4 is 20.7 Å². The number of hydrogen-bond acceptors (Lipinski definition) is 3. The standard InChI is InChI=1S/C69H46N6Si/c1-5-23-47(24-6-1)67-70-68(48-25-21-32-53(45-48)76(50-26-7-2-8-27-50,51-28-9-3-10-29-51)52-30-11-4-12-31-52)72-69(71-67)75-63-41-20-16-36-57(63)59-37-22-42-64(66(59)75)74-62-40-19-15-35-56(62)58-44-43-49(46-65(58)74)73-60-38-17-13-33-54(60)55-34-14-18-39-61(55)73/h1-46H/i1D,2D,3D,4D,5D,6D,7D,8D,9D,10D,11D,12D,21D,23D,24D,25D,26D,27D,28D,29D,30D,31D,32D,45D. The molecule has 0 aliphatic carbocycles. The SMILES string of the molecule is [2H]c1c([2H])c([2H])c(-c2nc(-c3c([2H])c([2H])c([2H])c([Si](c4c([2H])c([2H])c([2H])c([2H])c4[2H])(c4c([2H])c([2H])c([2H])c([2H])c4[2H])c4c([2H])c([2H])c([2H])c([2H])c4[2H])c3[2H])nc(-n3c4ccccc4c4cccc(-n5c6ccccc6c6ccc(-n7c8ccccc8c8ccccc87)cc65)c43)n2)c([2H])c1[2H]. The number of aromatic nitrogens is 6. The van der Waals surface area contributed by atoms with E-state index in [1.165, 1.54) is 0 Å². The molecule has 0 bridgehead atoms. The lowest BCUT2D eigenvalue weighted by Gasteiger charge is -2.34. The maximum Gasteiger partial charge on any atom is 0.238 e. The third-order valence-electron chi connectivity index (χ3n) is 13.8. The van der Waals surface area contributed by atoms with Crippen LogP contribution in [0.5, 0.6) is 0 Å². The molecule has 76 heavy (non-hydrogen) atoms. The molecule has 0 saturated carbocycles. The number of nitrogens with zero attached hydrogens (tertiary/aromatic N) is 6. The van der Waals surface area contributed by atoms with Crippen LogP contribution in [-0.4, -0.2) is 36.7 Å². The van der Waals surface area contributed by atoms with Crippen molar-refractivity contribution in [1.29, 1.82) is 0 Å². The summed E-state index contributed by atoms with van der Waals surface area (Å²) in [6.45, 7) is 0. The van der Waals surface area contributed by atoms with E-state index in [4.69, 9.17) is 31.4 Å². The van der Waals surface area contributed by atoms with E-state index in [2.05, 4.69) is 45.5 Å². The molecule has 0 N–H and O–H groups in total. The van der Waals surface area contributed by atoms with E-state index in [0.717, 1.165) is 49.3 Å². The van der Waals surface area contributed by atoms with Gasteiger partial charge in [0.15, 0.2) is 19.7 Å². The average Bonchev–Trinajstić information content (AvgIpc) is 0.952. The van der Waals surface area contributed by atoms with Crippen LogP contribution in [0.3, 0.4) is 0 Å². The van der Waals surface area contributed by atoms with Gasteiger partial charge in [-0.05, 0) is 63.2 Å². The third kappa shape index (κ3) is 6.69. The average molecular weight is 1010 g/mol. The van der Waals surface area contributed by atoms with Crippen LogP contribution in [0, 0.1) is 0 Å². The summed E-state index contributed by atoms with van der Waals surface area (Å²) in [4.78, 5) is 14.7. The van der Waals surface area contributed by atoms with Gasteiger partial charge in [0, 0.05) is 49.1 Å². The van der Waals surface area contributed by atoms with Crippen LogP contribution in [0.2, 0.25) is 0 Å². The number of benzene rings is 11. The zero-order chi connectivity index (χ0) is 71.0. The van der Waals surface area contributed by atoms with E-state index < -0.39 is 203 Å². The molecule has 7 heteroatoms. The van der Waals surface area contributed by atoms with Crippen LogP contribution in [0.4, 0.5) is 0 Å². The second-order valence-electron chi connectivity index (χ2n) is 17.7. The van der Waals surface area contributed by atoms with Crippen LogP contribution in [0.15, 0.2) is 278 Å². The Labute approximate surface area is 473 Å². The van der Waals surface area contributed by atoms with Crippen molar-refractivity contribution < 1.29 is 32.9 Å². The van der Waals surface area contributed by atoms with Crippen molar-refractivity contribution in [2.45, 2.75) is 0 Å². The van der Waals surface area contributed by atoms with E-state index in [-0.39, 0.29) is 0 Å². The van der Waals surface area contributed by atoms with Gasteiger partial charge in [-0.3, -0.25) is 4.57 Å². The summed E-state index contributed by atoms with van der Waals surface area (Å²) < 4.78 is 231. The summed E-state index contributed by atoms with van der Waals surface area (Å²) in [6.07, 6.45) is 0. The number of para-hydroxylation sites is 5. The predicted octanol–water partition coefficient (Wildman–Crippen LogP) is 13.9. The van der Waals surface area contributed by atoms with Crippen molar-refractivity contribution in [3.8, 4) is 40.1 Å². The molecule has 0 amide bonds. The molecule has 356 valence electrons. The van der Waals surface area contributed by atoms with E-state index in [1.54, 1.807) is 22.8 Å². The normalized spacial score (nSPS) is 16.4. The summed E-state index contributed by atoms with van der Waals surface area (Å²) in [5.74, 6) is -1.96. The summed E-state index contributed by atoms with van der Waals surface area (Å²) in [7, 11) is -6.41. The van der Waals surface area contributed by atoms with E-state index >= 15 is 0 Å². The van der Waals surface area contributed by atoms with Gasteiger partial charge in [-0.25, -0.2) is 4.98 Å². The molecule has 15 rings (SSSR count). The molecule has 0 aliphatic heterocycles. The monoisotopic (exact) mass is 1010 g/mol. The summed E-state index contributed by atoms with van der Waals surface area (Å²) in [5, 5.41) is 0.624. The van der Waals surface area contributed by atoms with Crippen molar-refractivity contribution in [3.05, 3.63) is 278 Å². The molecule has 15 aromatic rings. The fourth-order valence-electron chi connectivity index (χ4n) is 10.7. The molecular weight excluding hydrogens is 941 g/mol. The lowest BCUT2D eigenvalue weighted by atomic mass is 10.1. The molecular formula is C69H46N6Si. The lowest BCUT2D eigenvalue weighted by molar-refractivity contribution is 0.950. The molecule has 4 aromatic heterocycles. The second kappa shape index (κ2) is 17.6. The van der Waals surface area contributed by atoms with Gasteiger partial charge in [0.05, 0.1) is 71.7 Å². The highest BCUT2D eigenvalue weighted by Crippen LogP contribution is 2.41. The zero-order valence-corrected chi connectivity index (χ0v) is 40.4. The first kappa shape index (κ1) is 25.8. The van der Waals surface area contributed by atoms with E-state index in [9.17, 15) is 16.4 Å². The van der Waals surface area contributed by atoms with Crippen molar-refractivity contribution >= 4 is 94.2 Å². The van der Waals surface area contributed by atoms with Crippen LogP contribution in [0.1, 0.15) is 32.9 Å². The van der Waals surface area contributed by atoms with Crippen molar-refractivity contribution in [3.63, 3.8) is 0 Å². The number of hydrogen-bond donors (Lipinski definition) is 0. The highest BCUT2D eigenvalue weighted by Gasteiger charge is 2.41. The van der Waals surface area contributed by atoms with Crippen LogP contribution in [0.25, 0.3) is 106 Å². The molecule has 4 heterocycles. The first-order valence-corrected chi connectivity index (χ1v) is 25.9. The first-order valence-electron chi connectivity index (χ1n) is 35.9. The minimum atomic E-state index is -6.41. The smallest absolute Gasteiger partial charge is 0.238 e. The molecule has 0 radical (unpaired) electrons. The Balaban J connectivity index is 1.12. The van der Waals surface area contributed by atoms with Gasteiger partial charge >= 0.3 is 0 Å². The van der Waals surface area contributed by atoms with Crippen molar-refractivity contribution in [1.82, 2.24) is 28.7 Å². The van der Waals surface area contributed by atoms with Gasteiger partial charge in [0.2, 0.25) is 5.95 Å². The molecule has 0 saturated heterocycles. The van der Waals surface area contributed by atoms with Crippen molar-refractivity contribution in [2.75, 3.05) is 0 Å². The summed E-state index contributed by atoms with van der Waals surface area (Å²) >= 11 is 0. The fraction of sp³-hybridized carbons (Fsp3) is 0. The Morgan fingerprint density at radius 1 is 0.329 bits per heavy atom. The van der Waals surface area contributed by atoms with Crippen LogP contribution >= 0.6 is 0 Å². The number of fused-ring (bicyclic) bond motifs is 9. The highest BCUT2D eigenvalue weighted by molar-refractivity contribution is 7.19. The maximum atomic E-state index is 10.7. The van der Waals surface area contributed by atoms with Gasteiger partial charge < -0.3 is 9.13 Å². The summed E-state index contributed by atoms with van der Waals surface area (Å²) in [5.41, 5.74) is 3.91. The fourth-order valence-corrected chi connectivity index (χ4v) is 14.3. The Hall–Kier alpha value is -9.95. The van der Waals surface area contributed by atoms with Crippen molar-refractivity contribution in [2.24, 2.45) is 0 Å². The zero-order valence-electron chi connectivity index (χ0n) is 63.4. The maximum absolute atomic E-state index is 10.7.